The predicted molar refractivity (Wildman–Crippen MR) is 91.4 cm³/mol. The number of rotatable bonds is 5. The predicted octanol–water partition coefficient (Wildman–Crippen LogP) is 3.69. The number of carbonyl (C=O) groups excluding carboxylic acids is 1. The lowest BCUT2D eigenvalue weighted by Gasteiger charge is -2.12. The number of alkyl halides is 3. The summed E-state index contributed by atoms with van der Waals surface area (Å²) in [5.74, 6) is -1.42. The maximum Gasteiger partial charge on any atom is 0.449 e. The van der Waals surface area contributed by atoms with Crippen molar-refractivity contribution in [2.75, 3.05) is 6.54 Å². The van der Waals surface area contributed by atoms with Crippen LogP contribution in [0.3, 0.4) is 0 Å². The third-order valence-electron chi connectivity index (χ3n) is 3.87. The van der Waals surface area contributed by atoms with E-state index in [4.69, 9.17) is 0 Å². The number of para-hydroxylation sites is 2. The van der Waals surface area contributed by atoms with Crippen molar-refractivity contribution < 1.29 is 22.4 Å². The number of fused-ring (bicyclic) bond motifs is 1. The Morgan fingerprint density at radius 2 is 1.85 bits per heavy atom. The minimum Gasteiger partial charge on any atom is -0.336 e. The molecular weight excluding hydrogens is 364 g/mol. The third-order valence-corrected chi connectivity index (χ3v) is 3.87. The van der Waals surface area contributed by atoms with Crippen LogP contribution in [0.25, 0.3) is 11.0 Å². The molecule has 0 aliphatic carbocycles. The van der Waals surface area contributed by atoms with Crippen LogP contribution in [0.2, 0.25) is 0 Å². The molecule has 0 radical (unpaired) electrons. The number of hydrogen-bond acceptors (Lipinski definition) is 2. The van der Waals surface area contributed by atoms with Gasteiger partial charge in [-0.2, -0.15) is 13.2 Å². The molecule has 2 aromatic carbocycles. The Morgan fingerprint density at radius 3 is 2.59 bits per heavy atom. The van der Waals surface area contributed by atoms with Crippen LogP contribution in [0, 0.1) is 5.82 Å². The lowest BCUT2D eigenvalue weighted by molar-refractivity contribution is -0.146. The number of nitrogens with zero attached hydrogens (tertiary/aromatic N) is 2. The summed E-state index contributed by atoms with van der Waals surface area (Å²) >= 11 is 0. The molecule has 3 rings (SSSR count). The van der Waals surface area contributed by atoms with Gasteiger partial charge >= 0.3 is 12.2 Å². The summed E-state index contributed by atoms with van der Waals surface area (Å²) in [7, 11) is 0. The van der Waals surface area contributed by atoms with Gasteiger partial charge in [0.2, 0.25) is 5.82 Å². The standard InChI is InChI=1S/C18H16F4N4O/c19-13-5-3-4-12(10-13)11-24-17(27)23-8-9-26-15-7-2-1-6-14(15)25-16(26)18(20,21)22/h1-7,10H,8-9,11H2,(H2,23,24,27). The molecule has 2 N–H and O–H groups in total. The first-order valence-corrected chi connectivity index (χ1v) is 8.13. The average molecular weight is 380 g/mol. The van der Waals surface area contributed by atoms with Gasteiger partial charge in [0.15, 0.2) is 0 Å². The van der Waals surface area contributed by atoms with Crippen molar-refractivity contribution in [3.05, 3.63) is 65.7 Å². The van der Waals surface area contributed by atoms with Gasteiger partial charge in [0.05, 0.1) is 11.0 Å². The zero-order chi connectivity index (χ0) is 19.4. The molecule has 0 atom stereocenters. The molecule has 5 nitrogen and oxygen atoms in total. The van der Waals surface area contributed by atoms with Gasteiger partial charge in [-0.25, -0.2) is 14.2 Å². The number of benzene rings is 2. The first-order chi connectivity index (χ1) is 12.8. The van der Waals surface area contributed by atoms with Crippen LogP contribution >= 0.6 is 0 Å². The fourth-order valence-corrected chi connectivity index (χ4v) is 2.69. The number of halogens is 4. The molecule has 0 unspecified atom stereocenters. The van der Waals surface area contributed by atoms with Crippen molar-refractivity contribution >= 4 is 17.1 Å². The molecule has 1 heterocycles. The second-order valence-electron chi connectivity index (χ2n) is 5.81. The smallest absolute Gasteiger partial charge is 0.336 e. The van der Waals surface area contributed by atoms with Crippen LogP contribution in [-0.4, -0.2) is 22.1 Å². The van der Waals surface area contributed by atoms with Gasteiger partial charge in [0, 0.05) is 19.6 Å². The van der Waals surface area contributed by atoms with Gasteiger partial charge < -0.3 is 15.2 Å². The second kappa shape index (κ2) is 7.65. The number of amides is 2. The number of hydrogen-bond donors (Lipinski definition) is 2. The van der Waals surface area contributed by atoms with Crippen molar-refractivity contribution in [2.24, 2.45) is 0 Å². The van der Waals surface area contributed by atoms with E-state index in [0.29, 0.717) is 11.1 Å². The fourth-order valence-electron chi connectivity index (χ4n) is 2.69. The minimum absolute atomic E-state index is 0.0293. The molecular formula is C18H16F4N4O. The fraction of sp³-hybridized carbons (Fsp3) is 0.222. The quantitative estimate of drug-likeness (QED) is 0.664. The average Bonchev–Trinajstić information content (AvgIpc) is 2.99. The first kappa shape index (κ1) is 18.7. The molecule has 27 heavy (non-hydrogen) atoms. The van der Waals surface area contributed by atoms with E-state index >= 15 is 0 Å². The highest BCUT2D eigenvalue weighted by atomic mass is 19.4. The molecule has 3 aromatic rings. The number of urea groups is 1. The molecule has 142 valence electrons. The highest BCUT2D eigenvalue weighted by molar-refractivity contribution is 5.76. The number of nitrogens with one attached hydrogen (secondary N) is 2. The molecule has 0 aliphatic heterocycles. The van der Waals surface area contributed by atoms with E-state index in [0.717, 1.165) is 4.57 Å². The lowest BCUT2D eigenvalue weighted by Crippen LogP contribution is -2.37. The molecule has 0 aliphatic rings. The van der Waals surface area contributed by atoms with Crippen LogP contribution in [0.5, 0.6) is 0 Å². The van der Waals surface area contributed by atoms with Crippen molar-refractivity contribution in [2.45, 2.75) is 19.3 Å². The van der Waals surface area contributed by atoms with Crippen LogP contribution < -0.4 is 10.6 Å². The van der Waals surface area contributed by atoms with Gasteiger partial charge in [-0.3, -0.25) is 0 Å². The van der Waals surface area contributed by atoms with E-state index in [2.05, 4.69) is 15.6 Å². The Morgan fingerprint density at radius 1 is 1.07 bits per heavy atom. The number of carbonyl (C=O) groups is 1. The third kappa shape index (κ3) is 4.55. The topological polar surface area (TPSA) is 59.0 Å². The number of aromatic nitrogens is 2. The molecule has 9 heteroatoms. The summed E-state index contributed by atoms with van der Waals surface area (Å²) in [6, 6.07) is 11.5. The molecule has 1 aromatic heterocycles. The van der Waals surface area contributed by atoms with Crippen molar-refractivity contribution in [3.63, 3.8) is 0 Å². The van der Waals surface area contributed by atoms with E-state index < -0.39 is 23.8 Å². The molecule has 0 spiro atoms. The molecule has 0 saturated carbocycles. The maximum absolute atomic E-state index is 13.2. The first-order valence-electron chi connectivity index (χ1n) is 8.13. The van der Waals surface area contributed by atoms with Gasteiger partial charge in [0.25, 0.3) is 0 Å². The monoisotopic (exact) mass is 380 g/mol. The normalized spacial score (nSPS) is 11.6. The van der Waals surface area contributed by atoms with E-state index in [-0.39, 0.29) is 25.2 Å². The zero-order valence-electron chi connectivity index (χ0n) is 14.1. The van der Waals surface area contributed by atoms with Gasteiger partial charge in [-0.15, -0.1) is 0 Å². The van der Waals surface area contributed by atoms with Crippen molar-refractivity contribution in [1.82, 2.24) is 20.2 Å². The van der Waals surface area contributed by atoms with Crippen molar-refractivity contribution in [3.8, 4) is 0 Å². The SMILES string of the molecule is O=C(NCCn1c(C(F)(F)F)nc2ccccc21)NCc1cccc(F)c1. The largest absolute Gasteiger partial charge is 0.449 e. The summed E-state index contributed by atoms with van der Waals surface area (Å²) < 4.78 is 53.7. The molecule has 2 amide bonds. The highest BCUT2D eigenvalue weighted by Gasteiger charge is 2.37. The second-order valence-corrected chi connectivity index (χ2v) is 5.81. The van der Waals surface area contributed by atoms with E-state index in [9.17, 15) is 22.4 Å². The summed E-state index contributed by atoms with van der Waals surface area (Å²) in [4.78, 5) is 15.5. The Labute approximate surface area is 152 Å². The maximum atomic E-state index is 13.2. The Hall–Kier alpha value is -3.10. The lowest BCUT2D eigenvalue weighted by atomic mass is 10.2. The summed E-state index contributed by atoms with van der Waals surface area (Å²) in [6.07, 6.45) is -4.60. The molecule has 0 bridgehead atoms. The van der Waals surface area contributed by atoms with Gasteiger partial charge in [-0.05, 0) is 29.8 Å². The van der Waals surface area contributed by atoms with Crippen LogP contribution in [0.1, 0.15) is 11.4 Å². The van der Waals surface area contributed by atoms with Crippen LogP contribution in [-0.2, 0) is 19.3 Å². The number of imidazole rings is 1. The zero-order valence-corrected chi connectivity index (χ0v) is 14.1. The Bertz CT molecular complexity index is 952. The van der Waals surface area contributed by atoms with Gasteiger partial charge in [-0.1, -0.05) is 24.3 Å². The highest BCUT2D eigenvalue weighted by Crippen LogP contribution is 2.31. The van der Waals surface area contributed by atoms with E-state index in [1.807, 2.05) is 0 Å². The minimum atomic E-state index is -4.60. The van der Waals surface area contributed by atoms with Crippen LogP contribution in [0.15, 0.2) is 48.5 Å². The van der Waals surface area contributed by atoms with E-state index in [1.165, 1.54) is 24.3 Å². The van der Waals surface area contributed by atoms with Gasteiger partial charge in [0.1, 0.15) is 5.82 Å². The Balaban J connectivity index is 1.61. The Kier molecular flexibility index (Phi) is 5.29. The van der Waals surface area contributed by atoms with Crippen LogP contribution in [0.4, 0.5) is 22.4 Å². The molecule has 0 fully saturated rings. The summed E-state index contributed by atoms with van der Waals surface area (Å²) in [5.41, 5.74) is 1.15. The summed E-state index contributed by atoms with van der Waals surface area (Å²) in [5, 5.41) is 5.01. The summed E-state index contributed by atoms with van der Waals surface area (Å²) in [6.45, 7) is -0.0213. The van der Waals surface area contributed by atoms with Crippen molar-refractivity contribution in [1.29, 1.82) is 0 Å². The molecule has 0 saturated heterocycles. The van der Waals surface area contributed by atoms with E-state index in [1.54, 1.807) is 24.3 Å².